The Balaban J connectivity index is 2.97. The van der Waals surface area contributed by atoms with Gasteiger partial charge < -0.3 is 4.90 Å². The average Bonchev–Trinajstić information content (AvgIpc) is 2.24. The van der Waals surface area contributed by atoms with Crippen molar-refractivity contribution in [3.05, 3.63) is 23.9 Å². The first-order valence-electron chi connectivity index (χ1n) is 5.45. The van der Waals surface area contributed by atoms with Gasteiger partial charge in [-0.25, -0.2) is 13.4 Å². The lowest BCUT2D eigenvalue weighted by atomic mass is 10.3. The van der Waals surface area contributed by atoms with Crippen molar-refractivity contribution in [2.75, 3.05) is 24.0 Å². The molecule has 0 spiro atoms. The van der Waals surface area contributed by atoms with Crippen LogP contribution in [-0.2, 0) is 16.0 Å². The zero-order valence-corrected chi connectivity index (χ0v) is 11.6. The Morgan fingerprint density at radius 3 is 2.42 bits per heavy atom. The molecule has 1 rings (SSSR count). The van der Waals surface area contributed by atoms with Gasteiger partial charge in [0.25, 0.3) is 0 Å². The normalized spacial score (nSPS) is 14.2. The highest BCUT2D eigenvalue weighted by Gasteiger charge is 2.33. The summed E-state index contributed by atoms with van der Waals surface area (Å²) in [5.41, 5.74) is -0.997. The van der Waals surface area contributed by atoms with E-state index in [2.05, 4.69) is 4.98 Å². The van der Waals surface area contributed by atoms with Gasteiger partial charge in [-0.1, -0.05) is 6.07 Å². The molecule has 0 saturated carbocycles. The highest BCUT2D eigenvalue weighted by molar-refractivity contribution is 7.90. The molecular formula is C11H15F3N2O2S. The smallest absolute Gasteiger partial charge is 0.356 e. The third-order valence-electron chi connectivity index (χ3n) is 2.59. The summed E-state index contributed by atoms with van der Waals surface area (Å²) in [5.74, 6) is -0.0625. The second-order valence-corrected chi connectivity index (χ2v) is 6.62. The summed E-state index contributed by atoms with van der Waals surface area (Å²) in [5, 5.41) is 0. The van der Waals surface area contributed by atoms with Crippen LogP contribution in [0.3, 0.4) is 0 Å². The molecule has 1 aromatic heterocycles. The first-order valence-corrected chi connectivity index (χ1v) is 7.51. The van der Waals surface area contributed by atoms with Crippen LogP contribution >= 0.6 is 0 Å². The fourth-order valence-corrected chi connectivity index (χ4v) is 2.65. The van der Waals surface area contributed by atoms with Crippen LogP contribution in [0.5, 0.6) is 0 Å². The first-order chi connectivity index (χ1) is 8.50. The van der Waals surface area contributed by atoms with Crippen LogP contribution in [0.15, 0.2) is 18.2 Å². The van der Waals surface area contributed by atoms with Gasteiger partial charge in [0.1, 0.15) is 21.3 Å². The van der Waals surface area contributed by atoms with Crippen molar-refractivity contribution in [1.82, 2.24) is 4.98 Å². The van der Waals surface area contributed by atoms with Crippen molar-refractivity contribution >= 4 is 15.7 Å². The van der Waals surface area contributed by atoms with Gasteiger partial charge in [0.2, 0.25) is 0 Å². The standard InChI is InChI=1S/C11H15F3N2O2S/c1-8(7-19(3,17)18)16(2)10-6-4-5-9(15-10)11(12,13)14/h4-6,8H,7H2,1-3H3. The maximum Gasteiger partial charge on any atom is 0.433 e. The minimum Gasteiger partial charge on any atom is -0.356 e. The molecule has 108 valence electrons. The Morgan fingerprint density at radius 2 is 1.95 bits per heavy atom. The van der Waals surface area contributed by atoms with Gasteiger partial charge in [-0.05, 0) is 19.1 Å². The van der Waals surface area contributed by atoms with E-state index in [1.807, 2.05) is 0 Å². The van der Waals surface area contributed by atoms with Crippen molar-refractivity contribution in [3.8, 4) is 0 Å². The summed E-state index contributed by atoms with van der Waals surface area (Å²) in [4.78, 5) is 4.91. The zero-order valence-electron chi connectivity index (χ0n) is 10.8. The van der Waals surface area contributed by atoms with Gasteiger partial charge in [0.15, 0.2) is 0 Å². The second-order valence-electron chi connectivity index (χ2n) is 4.43. The van der Waals surface area contributed by atoms with E-state index in [0.29, 0.717) is 0 Å². The third-order valence-corrected chi connectivity index (χ3v) is 3.68. The van der Waals surface area contributed by atoms with Crippen molar-refractivity contribution in [3.63, 3.8) is 0 Å². The zero-order chi connectivity index (χ0) is 14.8. The topological polar surface area (TPSA) is 50.3 Å². The number of hydrogen-bond acceptors (Lipinski definition) is 4. The first kappa shape index (κ1) is 15.7. The lowest BCUT2D eigenvalue weighted by molar-refractivity contribution is -0.141. The lowest BCUT2D eigenvalue weighted by Gasteiger charge is -2.25. The van der Waals surface area contributed by atoms with Crippen LogP contribution in [0.2, 0.25) is 0 Å². The summed E-state index contributed by atoms with van der Waals surface area (Å²) in [6.07, 6.45) is -3.44. The van der Waals surface area contributed by atoms with Crippen LogP contribution in [-0.4, -0.2) is 38.5 Å². The van der Waals surface area contributed by atoms with E-state index in [4.69, 9.17) is 0 Å². The molecule has 0 aliphatic heterocycles. The SMILES string of the molecule is CC(CS(C)(=O)=O)N(C)c1cccc(C(F)(F)F)n1. The molecule has 19 heavy (non-hydrogen) atoms. The summed E-state index contributed by atoms with van der Waals surface area (Å²) in [6.45, 7) is 1.61. The van der Waals surface area contributed by atoms with E-state index < -0.39 is 27.7 Å². The molecule has 1 heterocycles. The molecule has 8 heteroatoms. The molecule has 1 aromatic rings. The molecule has 0 amide bonds. The Morgan fingerprint density at radius 1 is 1.37 bits per heavy atom. The van der Waals surface area contributed by atoms with Gasteiger partial charge in [0.05, 0.1) is 5.75 Å². The summed E-state index contributed by atoms with van der Waals surface area (Å²) < 4.78 is 59.9. The molecule has 0 N–H and O–H groups in total. The number of rotatable bonds is 4. The number of alkyl halides is 3. The molecule has 4 nitrogen and oxygen atoms in total. The van der Waals surface area contributed by atoms with Crippen LogP contribution in [0.25, 0.3) is 0 Å². The van der Waals surface area contributed by atoms with E-state index in [1.165, 1.54) is 24.1 Å². The maximum atomic E-state index is 12.5. The highest BCUT2D eigenvalue weighted by Crippen LogP contribution is 2.28. The Kier molecular flexibility index (Phi) is 4.44. The van der Waals surface area contributed by atoms with Crippen molar-refractivity contribution in [1.29, 1.82) is 0 Å². The number of anilines is 1. The molecule has 0 aliphatic rings. The van der Waals surface area contributed by atoms with Crippen LogP contribution in [0.4, 0.5) is 19.0 Å². The second kappa shape index (κ2) is 5.36. The van der Waals surface area contributed by atoms with E-state index in [9.17, 15) is 21.6 Å². The molecule has 0 fully saturated rings. The summed E-state index contributed by atoms with van der Waals surface area (Å²) >= 11 is 0. The van der Waals surface area contributed by atoms with Gasteiger partial charge in [-0.15, -0.1) is 0 Å². The van der Waals surface area contributed by atoms with Crippen molar-refractivity contribution in [2.45, 2.75) is 19.1 Å². The molecule has 1 unspecified atom stereocenters. The van der Waals surface area contributed by atoms with Crippen LogP contribution < -0.4 is 4.90 Å². The number of aromatic nitrogens is 1. The van der Waals surface area contributed by atoms with Crippen molar-refractivity contribution < 1.29 is 21.6 Å². The quantitative estimate of drug-likeness (QED) is 0.852. The summed E-state index contributed by atoms with van der Waals surface area (Å²) in [7, 11) is -1.69. The van der Waals surface area contributed by atoms with E-state index >= 15 is 0 Å². The number of halogens is 3. The monoisotopic (exact) mass is 296 g/mol. The van der Waals surface area contributed by atoms with Gasteiger partial charge in [-0.3, -0.25) is 0 Å². The van der Waals surface area contributed by atoms with Crippen LogP contribution in [0, 0.1) is 0 Å². The molecule has 0 aliphatic carbocycles. The third kappa shape index (κ3) is 4.70. The molecule has 0 aromatic carbocycles. The van der Waals surface area contributed by atoms with E-state index in [0.717, 1.165) is 12.3 Å². The van der Waals surface area contributed by atoms with Crippen molar-refractivity contribution in [2.24, 2.45) is 0 Å². The number of pyridine rings is 1. The predicted molar refractivity (Wildman–Crippen MR) is 66.8 cm³/mol. The fraction of sp³-hybridized carbons (Fsp3) is 0.545. The Hall–Kier alpha value is -1.31. The Bertz CT molecular complexity index is 543. The minimum atomic E-state index is -4.52. The molecule has 0 radical (unpaired) electrons. The van der Waals surface area contributed by atoms with E-state index in [-0.39, 0.29) is 11.6 Å². The van der Waals surface area contributed by atoms with E-state index in [1.54, 1.807) is 6.92 Å². The number of nitrogens with zero attached hydrogens (tertiary/aromatic N) is 2. The number of hydrogen-bond donors (Lipinski definition) is 0. The Labute approximate surface area is 110 Å². The number of sulfone groups is 1. The van der Waals surface area contributed by atoms with Gasteiger partial charge >= 0.3 is 6.18 Å². The van der Waals surface area contributed by atoms with Gasteiger partial charge in [0, 0.05) is 19.3 Å². The lowest BCUT2D eigenvalue weighted by Crippen LogP contribution is -2.35. The molecule has 0 bridgehead atoms. The largest absolute Gasteiger partial charge is 0.433 e. The molecule has 1 atom stereocenters. The molecular weight excluding hydrogens is 281 g/mol. The highest BCUT2D eigenvalue weighted by atomic mass is 32.2. The predicted octanol–water partition coefficient (Wildman–Crippen LogP) is 1.97. The fourth-order valence-electron chi connectivity index (χ4n) is 1.55. The summed E-state index contributed by atoms with van der Waals surface area (Å²) in [6, 6.07) is 3.06. The van der Waals surface area contributed by atoms with Gasteiger partial charge in [-0.2, -0.15) is 13.2 Å². The molecule has 0 saturated heterocycles. The van der Waals surface area contributed by atoms with Crippen LogP contribution in [0.1, 0.15) is 12.6 Å². The minimum absolute atomic E-state index is 0.0889. The average molecular weight is 296 g/mol. The maximum absolute atomic E-state index is 12.5.